The van der Waals surface area contributed by atoms with Crippen LogP contribution in [0.4, 0.5) is 0 Å². The minimum absolute atomic E-state index is 0.215. The lowest BCUT2D eigenvalue weighted by atomic mass is 10.0. The van der Waals surface area contributed by atoms with E-state index in [2.05, 4.69) is 61.0 Å². The Labute approximate surface area is 118 Å². The molecule has 0 bridgehead atoms. The van der Waals surface area contributed by atoms with E-state index in [4.69, 9.17) is 5.73 Å². The van der Waals surface area contributed by atoms with Gasteiger partial charge in [0.1, 0.15) is 0 Å². The molecule has 0 heterocycles. The van der Waals surface area contributed by atoms with Gasteiger partial charge in [-0.3, -0.25) is 0 Å². The van der Waals surface area contributed by atoms with E-state index >= 15 is 0 Å². The molecule has 0 radical (unpaired) electrons. The van der Waals surface area contributed by atoms with Gasteiger partial charge in [-0.2, -0.15) is 0 Å². The summed E-state index contributed by atoms with van der Waals surface area (Å²) < 4.78 is 1.17. The summed E-state index contributed by atoms with van der Waals surface area (Å²) in [5.41, 5.74) is 7.61. The van der Waals surface area contributed by atoms with Gasteiger partial charge in [0.25, 0.3) is 0 Å². The van der Waals surface area contributed by atoms with E-state index in [1.807, 2.05) is 11.8 Å². The highest BCUT2D eigenvalue weighted by atomic mass is 79.9. The minimum atomic E-state index is 0.215. The maximum Gasteiger partial charge on any atom is 0.0462 e. The fraction of sp³-hybridized carbons (Fsp3) is 0.571. The van der Waals surface area contributed by atoms with Crippen molar-refractivity contribution >= 4 is 27.7 Å². The first kappa shape index (κ1) is 15.1. The molecule has 0 aliphatic rings. The molecule has 2 N–H and O–H groups in total. The lowest BCUT2D eigenvalue weighted by Crippen LogP contribution is -2.27. The number of thioether (sulfide) groups is 1. The van der Waals surface area contributed by atoms with Crippen molar-refractivity contribution < 1.29 is 0 Å². The van der Waals surface area contributed by atoms with Crippen molar-refractivity contribution in [2.45, 2.75) is 50.2 Å². The average molecular weight is 316 g/mol. The van der Waals surface area contributed by atoms with Crippen molar-refractivity contribution in [2.75, 3.05) is 0 Å². The lowest BCUT2D eigenvalue weighted by molar-refractivity contribution is 0.630. The Bertz CT molecular complexity index is 343. The Morgan fingerprint density at radius 2 is 1.88 bits per heavy atom. The molecule has 96 valence electrons. The van der Waals surface area contributed by atoms with Crippen molar-refractivity contribution in [3.63, 3.8) is 0 Å². The molecular weight excluding hydrogens is 294 g/mol. The molecule has 3 unspecified atom stereocenters. The first-order chi connectivity index (χ1) is 8.10. The Morgan fingerprint density at radius 3 is 2.41 bits per heavy atom. The van der Waals surface area contributed by atoms with Crippen LogP contribution in [0.25, 0.3) is 0 Å². The third-order valence-corrected chi connectivity index (χ3v) is 5.44. The van der Waals surface area contributed by atoms with Crippen LogP contribution >= 0.6 is 27.7 Å². The SMILES string of the molecule is CCC(C)SC(c1ccccc1Br)C(N)CC. The molecule has 0 amide bonds. The topological polar surface area (TPSA) is 26.0 Å². The first-order valence-electron chi connectivity index (χ1n) is 6.25. The molecule has 1 aromatic carbocycles. The highest BCUT2D eigenvalue weighted by Crippen LogP contribution is 2.39. The van der Waals surface area contributed by atoms with Gasteiger partial charge in [-0.25, -0.2) is 0 Å². The van der Waals surface area contributed by atoms with Crippen molar-refractivity contribution in [3.05, 3.63) is 34.3 Å². The van der Waals surface area contributed by atoms with E-state index in [-0.39, 0.29) is 6.04 Å². The van der Waals surface area contributed by atoms with Crippen molar-refractivity contribution in [1.29, 1.82) is 0 Å². The molecule has 0 saturated carbocycles. The molecule has 0 saturated heterocycles. The van der Waals surface area contributed by atoms with Gasteiger partial charge in [-0.1, -0.05) is 54.9 Å². The third kappa shape index (κ3) is 4.31. The molecule has 1 nitrogen and oxygen atoms in total. The molecule has 0 aromatic heterocycles. The normalized spacial score (nSPS) is 16.5. The number of hydrogen-bond donors (Lipinski definition) is 1. The number of nitrogens with two attached hydrogens (primary N) is 1. The summed E-state index contributed by atoms with van der Waals surface area (Å²) in [5, 5.41) is 1.02. The third-order valence-electron chi connectivity index (χ3n) is 3.03. The summed E-state index contributed by atoms with van der Waals surface area (Å²) >= 11 is 5.63. The van der Waals surface area contributed by atoms with Gasteiger partial charge in [-0.05, 0) is 24.5 Å². The summed E-state index contributed by atoms with van der Waals surface area (Å²) in [4.78, 5) is 0. The van der Waals surface area contributed by atoms with E-state index in [9.17, 15) is 0 Å². The summed E-state index contributed by atoms with van der Waals surface area (Å²) in [5.74, 6) is 0. The van der Waals surface area contributed by atoms with Crippen LogP contribution in [0.3, 0.4) is 0 Å². The van der Waals surface area contributed by atoms with Crippen molar-refractivity contribution in [1.82, 2.24) is 0 Å². The second kappa shape index (κ2) is 7.45. The van der Waals surface area contributed by atoms with Crippen LogP contribution in [0.15, 0.2) is 28.7 Å². The van der Waals surface area contributed by atoms with Gasteiger partial charge in [0, 0.05) is 21.0 Å². The summed E-state index contributed by atoms with van der Waals surface area (Å²) in [6.07, 6.45) is 2.19. The van der Waals surface area contributed by atoms with Crippen LogP contribution in [0, 0.1) is 0 Å². The van der Waals surface area contributed by atoms with Crippen LogP contribution in [0.5, 0.6) is 0 Å². The summed E-state index contributed by atoms with van der Waals surface area (Å²) in [6.45, 7) is 6.66. The van der Waals surface area contributed by atoms with Crippen LogP contribution in [-0.4, -0.2) is 11.3 Å². The molecule has 3 heteroatoms. The van der Waals surface area contributed by atoms with Crippen molar-refractivity contribution in [2.24, 2.45) is 5.73 Å². The average Bonchev–Trinajstić information content (AvgIpc) is 2.35. The van der Waals surface area contributed by atoms with Crippen LogP contribution in [-0.2, 0) is 0 Å². The predicted octanol–water partition coefficient (Wildman–Crippen LogP) is 4.76. The van der Waals surface area contributed by atoms with Gasteiger partial charge >= 0.3 is 0 Å². The largest absolute Gasteiger partial charge is 0.326 e. The molecule has 0 fully saturated rings. The Hall–Kier alpha value is 0.01000. The first-order valence-corrected chi connectivity index (χ1v) is 7.99. The zero-order valence-corrected chi connectivity index (χ0v) is 13.2. The highest BCUT2D eigenvalue weighted by molar-refractivity contribution is 9.10. The zero-order valence-electron chi connectivity index (χ0n) is 10.8. The zero-order chi connectivity index (χ0) is 12.8. The van der Waals surface area contributed by atoms with E-state index in [0.717, 1.165) is 6.42 Å². The summed E-state index contributed by atoms with van der Waals surface area (Å²) in [6, 6.07) is 8.64. The minimum Gasteiger partial charge on any atom is -0.326 e. The van der Waals surface area contributed by atoms with Gasteiger partial charge in [-0.15, -0.1) is 11.8 Å². The second-order valence-corrected chi connectivity index (χ2v) is 6.81. The Morgan fingerprint density at radius 1 is 1.24 bits per heavy atom. The Kier molecular flexibility index (Phi) is 6.60. The van der Waals surface area contributed by atoms with Crippen LogP contribution < -0.4 is 5.73 Å². The van der Waals surface area contributed by atoms with Crippen molar-refractivity contribution in [3.8, 4) is 0 Å². The lowest BCUT2D eigenvalue weighted by Gasteiger charge is -2.26. The van der Waals surface area contributed by atoms with Crippen LogP contribution in [0.1, 0.15) is 44.4 Å². The maximum absolute atomic E-state index is 6.28. The molecule has 0 spiro atoms. The molecule has 0 aliphatic carbocycles. The van der Waals surface area contributed by atoms with Crippen LogP contribution in [0.2, 0.25) is 0 Å². The number of hydrogen-bond acceptors (Lipinski definition) is 2. The molecule has 0 aliphatic heterocycles. The van der Waals surface area contributed by atoms with E-state index in [1.165, 1.54) is 16.5 Å². The molecule has 3 atom stereocenters. The monoisotopic (exact) mass is 315 g/mol. The van der Waals surface area contributed by atoms with Gasteiger partial charge in [0.15, 0.2) is 0 Å². The molecular formula is C14H22BrNS. The summed E-state index contributed by atoms with van der Waals surface area (Å²) in [7, 11) is 0. The number of halogens is 1. The molecule has 1 aromatic rings. The molecule has 17 heavy (non-hydrogen) atoms. The fourth-order valence-corrected chi connectivity index (χ4v) is 3.79. The quantitative estimate of drug-likeness (QED) is 0.819. The van der Waals surface area contributed by atoms with E-state index in [1.54, 1.807) is 0 Å². The Balaban J connectivity index is 2.94. The van der Waals surface area contributed by atoms with Gasteiger partial charge in [0.2, 0.25) is 0 Å². The number of benzene rings is 1. The van der Waals surface area contributed by atoms with Gasteiger partial charge in [0.05, 0.1) is 0 Å². The maximum atomic E-state index is 6.28. The fourth-order valence-electron chi connectivity index (χ4n) is 1.67. The number of rotatable bonds is 6. The predicted molar refractivity (Wildman–Crippen MR) is 82.5 cm³/mol. The smallest absolute Gasteiger partial charge is 0.0462 e. The van der Waals surface area contributed by atoms with E-state index < -0.39 is 0 Å². The standard InChI is InChI=1S/C14H22BrNS/c1-4-10(3)17-14(13(16)5-2)11-8-6-7-9-12(11)15/h6-10,13-14H,4-5,16H2,1-3H3. The molecule has 1 rings (SSSR count). The highest BCUT2D eigenvalue weighted by Gasteiger charge is 2.22. The van der Waals surface area contributed by atoms with E-state index in [0.29, 0.717) is 10.5 Å². The van der Waals surface area contributed by atoms with Gasteiger partial charge < -0.3 is 5.73 Å². The second-order valence-electron chi connectivity index (χ2n) is 4.37.